The van der Waals surface area contributed by atoms with Gasteiger partial charge in [0.1, 0.15) is 18.5 Å². The molecule has 0 spiro atoms. The van der Waals surface area contributed by atoms with E-state index in [2.05, 4.69) is 0 Å². The molecule has 1 aromatic carbocycles. The molecule has 0 N–H and O–H groups in total. The number of carbonyl (C=O) groups excluding carboxylic acids is 6. The second-order valence-electron chi connectivity index (χ2n) is 8.43. The first-order valence-corrected chi connectivity index (χ1v) is 11.6. The van der Waals surface area contributed by atoms with Gasteiger partial charge in [-0.15, -0.1) is 0 Å². The van der Waals surface area contributed by atoms with Crippen molar-refractivity contribution in [3.8, 4) is 5.75 Å². The van der Waals surface area contributed by atoms with Crippen LogP contribution in [0, 0.1) is 0 Å². The van der Waals surface area contributed by atoms with E-state index in [1.54, 1.807) is 12.1 Å². The van der Waals surface area contributed by atoms with Gasteiger partial charge in [0.2, 0.25) is 12.4 Å². The number of ketones is 2. The topological polar surface area (TPSA) is 158 Å². The predicted octanol–water partition coefficient (Wildman–Crippen LogP) is 1.71. The number of ether oxygens (including phenoxy) is 6. The first-order valence-electron chi connectivity index (χ1n) is 11.6. The van der Waals surface area contributed by atoms with E-state index in [4.69, 9.17) is 28.4 Å². The van der Waals surface area contributed by atoms with Crippen LogP contribution in [0.15, 0.2) is 29.8 Å². The van der Waals surface area contributed by atoms with Crippen LogP contribution < -0.4 is 4.74 Å². The summed E-state index contributed by atoms with van der Waals surface area (Å²) in [5.74, 6) is -3.60. The molecule has 0 radical (unpaired) electrons. The molecule has 1 aliphatic rings. The first kappa shape index (κ1) is 30.2. The molecule has 0 unspecified atom stereocenters. The van der Waals surface area contributed by atoms with Crippen LogP contribution in [0.4, 0.5) is 0 Å². The third-order valence-corrected chi connectivity index (χ3v) is 5.13. The monoisotopic (exact) mass is 534 g/mol. The molecule has 0 bridgehead atoms. The van der Waals surface area contributed by atoms with Crippen LogP contribution in [0.1, 0.15) is 47.1 Å². The third kappa shape index (κ3) is 8.80. The third-order valence-electron chi connectivity index (χ3n) is 5.13. The van der Waals surface area contributed by atoms with Crippen LogP contribution in [-0.4, -0.2) is 72.8 Å². The van der Waals surface area contributed by atoms with Gasteiger partial charge in [0.15, 0.2) is 23.8 Å². The molecular weight excluding hydrogens is 504 g/mol. The highest BCUT2D eigenvalue weighted by molar-refractivity contribution is 6.21. The van der Waals surface area contributed by atoms with Gasteiger partial charge in [-0.2, -0.15) is 0 Å². The summed E-state index contributed by atoms with van der Waals surface area (Å²) in [4.78, 5) is 70.8. The van der Waals surface area contributed by atoms with Gasteiger partial charge in [-0.25, -0.2) is 0 Å². The van der Waals surface area contributed by atoms with Crippen molar-refractivity contribution in [2.45, 2.75) is 72.2 Å². The van der Waals surface area contributed by atoms with E-state index >= 15 is 0 Å². The van der Waals surface area contributed by atoms with E-state index in [9.17, 15) is 28.8 Å². The Kier molecular flexibility index (Phi) is 10.7. The molecule has 1 aliphatic heterocycles. The number of hydrogen-bond acceptors (Lipinski definition) is 12. The van der Waals surface area contributed by atoms with Crippen molar-refractivity contribution < 1.29 is 57.2 Å². The summed E-state index contributed by atoms with van der Waals surface area (Å²) in [5, 5.41) is 0. The second kappa shape index (κ2) is 13.5. The van der Waals surface area contributed by atoms with Gasteiger partial charge in [-0.1, -0.05) is 12.1 Å². The predicted molar refractivity (Wildman–Crippen MR) is 128 cm³/mol. The van der Waals surface area contributed by atoms with Crippen molar-refractivity contribution in [2.24, 2.45) is 0 Å². The van der Waals surface area contributed by atoms with Gasteiger partial charge in [0, 0.05) is 27.7 Å². The second-order valence-corrected chi connectivity index (χ2v) is 8.43. The minimum Gasteiger partial charge on any atom is -0.463 e. The van der Waals surface area contributed by atoms with Gasteiger partial charge >= 0.3 is 23.9 Å². The molecule has 0 aliphatic carbocycles. The Morgan fingerprint density at radius 1 is 0.763 bits per heavy atom. The lowest BCUT2D eigenvalue weighted by Gasteiger charge is -2.43. The summed E-state index contributed by atoms with van der Waals surface area (Å²) in [5.41, 5.74) is 0.433. The quantitative estimate of drug-likeness (QED) is 0.141. The van der Waals surface area contributed by atoms with Gasteiger partial charge in [-0.05, 0) is 37.6 Å². The maximum atomic E-state index is 11.9. The number of Topliss-reactive ketones (excluding diaryl/α,β-unsaturated/α-hetero) is 2. The molecular formula is C26H30O12. The van der Waals surface area contributed by atoms with E-state index in [-0.39, 0.29) is 11.3 Å². The number of hydrogen-bond donors (Lipinski definition) is 0. The van der Waals surface area contributed by atoms with Crippen molar-refractivity contribution in [1.82, 2.24) is 0 Å². The summed E-state index contributed by atoms with van der Waals surface area (Å²) in [7, 11) is 0. The van der Waals surface area contributed by atoms with Crippen LogP contribution in [0.2, 0.25) is 0 Å². The zero-order valence-corrected chi connectivity index (χ0v) is 21.9. The average molecular weight is 535 g/mol. The van der Waals surface area contributed by atoms with Crippen molar-refractivity contribution >= 4 is 41.5 Å². The molecule has 1 fully saturated rings. The molecule has 1 saturated heterocycles. The van der Waals surface area contributed by atoms with E-state index < -0.39 is 72.8 Å². The van der Waals surface area contributed by atoms with Crippen LogP contribution in [0.5, 0.6) is 5.75 Å². The summed E-state index contributed by atoms with van der Waals surface area (Å²) >= 11 is 0. The van der Waals surface area contributed by atoms with E-state index in [0.717, 1.165) is 27.7 Å². The molecule has 0 saturated carbocycles. The Morgan fingerprint density at radius 3 is 1.84 bits per heavy atom. The van der Waals surface area contributed by atoms with Crippen molar-refractivity contribution in [3.05, 3.63) is 35.4 Å². The Morgan fingerprint density at radius 2 is 1.32 bits per heavy atom. The summed E-state index contributed by atoms with van der Waals surface area (Å²) in [6.45, 7) is 6.64. The van der Waals surface area contributed by atoms with Gasteiger partial charge in [-0.3, -0.25) is 28.8 Å². The minimum absolute atomic E-state index is 0.0190. The fraction of sp³-hybridized carbons (Fsp3) is 0.462. The molecule has 1 aromatic rings. The largest absolute Gasteiger partial charge is 0.463 e. The Hall–Kier alpha value is -4.06. The lowest BCUT2D eigenvalue weighted by Crippen LogP contribution is -2.63. The molecule has 0 amide bonds. The van der Waals surface area contributed by atoms with Crippen LogP contribution in [0.3, 0.4) is 0 Å². The summed E-state index contributed by atoms with van der Waals surface area (Å²) in [6, 6.07) is 6.25. The zero-order valence-electron chi connectivity index (χ0n) is 21.9. The molecule has 12 heteroatoms. The fourth-order valence-corrected chi connectivity index (χ4v) is 3.71. The number of benzene rings is 1. The molecule has 206 valence electrons. The molecule has 38 heavy (non-hydrogen) atoms. The van der Waals surface area contributed by atoms with Crippen molar-refractivity contribution in [1.29, 1.82) is 0 Å². The molecule has 5 atom stereocenters. The van der Waals surface area contributed by atoms with Crippen molar-refractivity contribution in [3.63, 3.8) is 0 Å². The first-order chi connectivity index (χ1) is 17.8. The standard InChI is InChI=1S/C26H30O12/c1-13(27)21(14(2)28)11-19-8-7-9-20(10-19)37-26-25(36-18(6)32)24(35-17(5)31)23(34-16(4)30)22(38-26)12-33-15(3)29/h7-11,22-26H,12H2,1-6H3/t22-,23+,24+,25+,26+/m0/s1. The molecule has 2 rings (SSSR count). The van der Waals surface area contributed by atoms with Gasteiger partial charge in [0.25, 0.3) is 0 Å². The smallest absolute Gasteiger partial charge is 0.303 e. The van der Waals surface area contributed by atoms with Crippen LogP contribution in [0.25, 0.3) is 6.08 Å². The highest BCUT2D eigenvalue weighted by atomic mass is 16.7. The number of rotatable bonds is 10. The lowest BCUT2D eigenvalue weighted by molar-refractivity contribution is -0.288. The van der Waals surface area contributed by atoms with Gasteiger partial charge in [0.05, 0.1) is 5.57 Å². The van der Waals surface area contributed by atoms with Crippen LogP contribution >= 0.6 is 0 Å². The highest BCUT2D eigenvalue weighted by Crippen LogP contribution is 2.31. The minimum atomic E-state index is -1.42. The summed E-state index contributed by atoms with van der Waals surface area (Å²) < 4.78 is 32.9. The fourth-order valence-electron chi connectivity index (χ4n) is 3.71. The van der Waals surface area contributed by atoms with Gasteiger partial charge < -0.3 is 28.4 Å². The van der Waals surface area contributed by atoms with Crippen LogP contribution in [-0.2, 0) is 52.5 Å². The SMILES string of the molecule is CC(=O)OC[C@@H]1O[C@@H](Oc2cccc(C=C(C(C)=O)C(C)=O)c2)[C@H](OC(C)=O)[C@H](OC(C)=O)[C@@H]1OC(C)=O. The molecule has 12 nitrogen and oxygen atoms in total. The number of carbonyl (C=O) groups is 6. The van der Waals surface area contributed by atoms with E-state index in [1.807, 2.05) is 0 Å². The Labute approximate surface area is 219 Å². The normalized spacial score (nSPS) is 22.3. The summed E-state index contributed by atoms with van der Waals surface area (Å²) in [6.07, 6.45) is -5.31. The highest BCUT2D eigenvalue weighted by Gasteiger charge is 2.53. The van der Waals surface area contributed by atoms with E-state index in [0.29, 0.717) is 5.56 Å². The van der Waals surface area contributed by atoms with Crippen molar-refractivity contribution in [2.75, 3.05) is 6.61 Å². The number of allylic oxidation sites excluding steroid dienone is 1. The molecule has 0 aromatic heterocycles. The Bertz CT molecular complexity index is 1100. The maximum Gasteiger partial charge on any atom is 0.303 e. The molecule has 1 heterocycles. The van der Waals surface area contributed by atoms with E-state index in [1.165, 1.54) is 32.1 Å². The number of esters is 4. The lowest BCUT2D eigenvalue weighted by atomic mass is 9.98. The Balaban J connectivity index is 2.51. The maximum absolute atomic E-state index is 11.9. The zero-order chi connectivity index (χ0) is 28.6. The average Bonchev–Trinajstić information content (AvgIpc) is 2.79.